The van der Waals surface area contributed by atoms with Crippen molar-refractivity contribution >= 4 is 11.7 Å². The summed E-state index contributed by atoms with van der Waals surface area (Å²) in [6.45, 7) is 3.81. The van der Waals surface area contributed by atoms with E-state index in [4.69, 9.17) is 5.26 Å². The average molecular weight is 294 g/mol. The van der Waals surface area contributed by atoms with Gasteiger partial charge in [0, 0.05) is 6.54 Å². The van der Waals surface area contributed by atoms with Gasteiger partial charge in [0.15, 0.2) is 11.6 Å². The van der Waals surface area contributed by atoms with Crippen molar-refractivity contribution in [1.29, 1.82) is 5.26 Å². The van der Waals surface area contributed by atoms with Crippen LogP contribution in [0.15, 0.2) is 12.1 Å². The standard InChI is InChI=1S/C15H16F2N2O2/c1-15(2)4-3-5-19(13(15)14(20)21)12-10(16)6-9(8-18)7-11(12)17/h6-7,13H,3-5H2,1-2H3,(H,20,21). The molecular formula is C15H16F2N2O2. The molecule has 0 amide bonds. The number of piperidine rings is 1. The van der Waals surface area contributed by atoms with E-state index in [0.717, 1.165) is 12.1 Å². The summed E-state index contributed by atoms with van der Waals surface area (Å²) in [5.74, 6) is -2.92. The van der Waals surface area contributed by atoms with Gasteiger partial charge in [-0.05, 0) is 30.4 Å². The van der Waals surface area contributed by atoms with Crippen molar-refractivity contribution in [2.75, 3.05) is 11.4 Å². The fourth-order valence-corrected chi connectivity index (χ4v) is 3.01. The van der Waals surface area contributed by atoms with Gasteiger partial charge < -0.3 is 10.0 Å². The first-order valence-corrected chi connectivity index (χ1v) is 6.66. The van der Waals surface area contributed by atoms with Gasteiger partial charge in [0.25, 0.3) is 0 Å². The third-order valence-electron chi connectivity index (χ3n) is 3.94. The Morgan fingerprint density at radius 1 is 1.43 bits per heavy atom. The van der Waals surface area contributed by atoms with Gasteiger partial charge in [0.1, 0.15) is 11.7 Å². The molecule has 0 aromatic heterocycles. The molecule has 0 aliphatic carbocycles. The Labute approximate surface area is 121 Å². The molecule has 112 valence electrons. The Balaban J connectivity index is 2.54. The fraction of sp³-hybridized carbons (Fsp3) is 0.467. The van der Waals surface area contributed by atoms with Crippen LogP contribution < -0.4 is 4.90 Å². The van der Waals surface area contributed by atoms with Crippen LogP contribution in [0.5, 0.6) is 0 Å². The maximum atomic E-state index is 14.1. The normalized spacial score (nSPS) is 20.9. The molecule has 0 bridgehead atoms. The molecule has 2 rings (SSSR count). The predicted octanol–water partition coefficient (Wildman–Crippen LogP) is 2.92. The Hall–Kier alpha value is -2.16. The Morgan fingerprint density at radius 2 is 2.00 bits per heavy atom. The molecule has 0 spiro atoms. The lowest BCUT2D eigenvalue weighted by atomic mass is 9.76. The van der Waals surface area contributed by atoms with Crippen molar-refractivity contribution in [3.8, 4) is 6.07 Å². The molecule has 1 aromatic rings. The molecule has 1 heterocycles. The number of rotatable bonds is 2. The Kier molecular flexibility index (Phi) is 3.86. The molecule has 1 atom stereocenters. The summed E-state index contributed by atoms with van der Waals surface area (Å²) in [5, 5.41) is 18.2. The van der Waals surface area contributed by atoms with Crippen LogP contribution in [0.2, 0.25) is 0 Å². The maximum absolute atomic E-state index is 14.1. The second kappa shape index (κ2) is 5.32. The van der Waals surface area contributed by atoms with Crippen LogP contribution in [-0.4, -0.2) is 23.7 Å². The van der Waals surface area contributed by atoms with E-state index in [-0.39, 0.29) is 17.8 Å². The zero-order chi connectivity index (χ0) is 15.8. The van der Waals surface area contributed by atoms with Crippen LogP contribution in [0.4, 0.5) is 14.5 Å². The van der Waals surface area contributed by atoms with Gasteiger partial charge in [-0.15, -0.1) is 0 Å². The lowest BCUT2D eigenvalue weighted by Gasteiger charge is -2.45. The van der Waals surface area contributed by atoms with E-state index in [1.54, 1.807) is 19.9 Å². The number of carbonyl (C=O) groups is 1. The fourth-order valence-electron chi connectivity index (χ4n) is 3.01. The molecule has 21 heavy (non-hydrogen) atoms. The first-order valence-electron chi connectivity index (χ1n) is 6.66. The predicted molar refractivity (Wildman–Crippen MR) is 72.9 cm³/mol. The van der Waals surface area contributed by atoms with Crippen LogP contribution in [0, 0.1) is 28.4 Å². The highest BCUT2D eigenvalue weighted by Crippen LogP contribution is 2.39. The number of carboxylic acid groups (broad SMARTS) is 1. The molecule has 1 unspecified atom stereocenters. The molecule has 1 N–H and O–H groups in total. The van der Waals surface area contributed by atoms with Crippen molar-refractivity contribution in [2.45, 2.75) is 32.7 Å². The first kappa shape index (κ1) is 15.2. The monoisotopic (exact) mass is 294 g/mol. The lowest BCUT2D eigenvalue weighted by Crippen LogP contribution is -2.55. The molecule has 1 saturated heterocycles. The van der Waals surface area contributed by atoms with Crippen molar-refractivity contribution in [1.82, 2.24) is 0 Å². The maximum Gasteiger partial charge on any atom is 0.326 e. The number of halogens is 2. The van der Waals surface area contributed by atoms with E-state index in [9.17, 15) is 18.7 Å². The second-order valence-electron chi connectivity index (χ2n) is 5.93. The highest BCUT2D eigenvalue weighted by atomic mass is 19.1. The third-order valence-corrected chi connectivity index (χ3v) is 3.94. The molecule has 0 radical (unpaired) electrons. The summed E-state index contributed by atoms with van der Waals surface area (Å²) in [6.07, 6.45) is 1.32. The van der Waals surface area contributed by atoms with Gasteiger partial charge in [-0.3, -0.25) is 0 Å². The summed E-state index contributed by atoms with van der Waals surface area (Å²) < 4.78 is 28.3. The zero-order valence-corrected chi connectivity index (χ0v) is 11.9. The van der Waals surface area contributed by atoms with Crippen LogP contribution in [0.25, 0.3) is 0 Å². The van der Waals surface area contributed by atoms with Gasteiger partial charge in [0.2, 0.25) is 0 Å². The molecular weight excluding hydrogens is 278 g/mol. The molecule has 1 fully saturated rings. The summed E-state index contributed by atoms with van der Waals surface area (Å²) >= 11 is 0. The number of hydrogen-bond acceptors (Lipinski definition) is 3. The average Bonchev–Trinajstić information content (AvgIpc) is 2.36. The summed E-state index contributed by atoms with van der Waals surface area (Å²) in [6, 6.07) is 2.52. The number of anilines is 1. The van der Waals surface area contributed by atoms with E-state index >= 15 is 0 Å². The SMILES string of the molecule is CC1(C)CCCN(c2c(F)cc(C#N)cc2F)C1C(=O)O. The number of nitrogens with zero attached hydrogens (tertiary/aromatic N) is 2. The van der Waals surface area contributed by atoms with Crippen molar-refractivity contribution in [3.63, 3.8) is 0 Å². The van der Waals surface area contributed by atoms with Crippen molar-refractivity contribution in [3.05, 3.63) is 29.3 Å². The van der Waals surface area contributed by atoms with Crippen molar-refractivity contribution < 1.29 is 18.7 Å². The van der Waals surface area contributed by atoms with E-state index < -0.39 is 29.1 Å². The smallest absolute Gasteiger partial charge is 0.326 e. The highest BCUT2D eigenvalue weighted by molar-refractivity contribution is 5.80. The number of benzene rings is 1. The van der Waals surface area contributed by atoms with E-state index in [1.807, 2.05) is 0 Å². The number of carboxylic acids is 1. The zero-order valence-electron chi connectivity index (χ0n) is 11.9. The van der Waals surface area contributed by atoms with E-state index in [1.165, 1.54) is 4.90 Å². The van der Waals surface area contributed by atoms with Crippen molar-refractivity contribution in [2.24, 2.45) is 5.41 Å². The summed E-state index contributed by atoms with van der Waals surface area (Å²) in [7, 11) is 0. The summed E-state index contributed by atoms with van der Waals surface area (Å²) in [4.78, 5) is 12.8. The molecule has 4 nitrogen and oxygen atoms in total. The third kappa shape index (κ3) is 2.68. The second-order valence-corrected chi connectivity index (χ2v) is 5.93. The topological polar surface area (TPSA) is 64.3 Å². The number of aliphatic carboxylic acids is 1. The molecule has 1 aliphatic rings. The van der Waals surface area contributed by atoms with Crippen LogP contribution >= 0.6 is 0 Å². The Morgan fingerprint density at radius 3 is 2.48 bits per heavy atom. The largest absolute Gasteiger partial charge is 0.480 e. The summed E-state index contributed by atoms with van der Waals surface area (Å²) in [5.41, 5.74) is -1.09. The van der Waals surface area contributed by atoms with Crippen LogP contribution in [0.3, 0.4) is 0 Å². The molecule has 0 saturated carbocycles. The van der Waals surface area contributed by atoms with E-state index in [2.05, 4.69) is 0 Å². The quantitative estimate of drug-likeness (QED) is 0.911. The Bertz CT molecular complexity index is 600. The molecule has 1 aromatic carbocycles. The number of nitriles is 1. The minimum atomic E-state index is -1.11. The van der Waals surface area contributed by atoms with Crippen LogP contribution in [-0.2, 0) is 4.79 Å². The number of hydrogen-bond donors (Lipinski definition) is 1. The first-order chi connectivity index (χ1) is 9.77. The lowest BCUT2D eigenvalue weighted by molar-refractivity contribution is -0.142. The minimum Gasteiger partial charge on any atom is -0.480 e. The van der Waals surface area contributed by atoms with Gasteiger partial charge in [0.05, 0.1) is 11.6 Å². The minimum absolute atomic E-state index is 0.128. The van der Waals surface area contributed by atoms with Gasteiger partial charge in [-0.1, -0.05) is 13.8 Å². The van der Waals surface area contributed by atoms with Gasteiger partial charge in [-0.2, -0.15) is 5.26 Å². The molecule has 1 aliphatic heterocycles. The molecule has 6 heteroatoms. The van der Waals surface area contributed by atoms with Gasteiger partial charge in [-0.25, -0.2) is 13.6 Å². The van der Waals surface area contributed by atoms with E-state index in [0.29, 0.717) is 12.8 Å². The van der Waals surface area contributed by atoms with Crippen LogP contribution in [0.1, 0.15) is 32.3 Å². The van der Waals surface area contributed by atoms with Gasteiger partial charge >= 0.3 is 5.97 Å². The highest BCUT2D eigenvalue weighted by Gasteiger charge is 2.44.